The van der Waals surface area contributed by atoms with Crippen molar-refractivity contribution < 1.29 is 23.9 Å². The number of rotatable bonds is 4. The Balaban J connectivity index is 1.86. The predicted octanol–water partition coefficient (Wildman–Crippen LogP) is 1.64. The van der Waals surface area contributed by atoms with E-state index in [9.17, 15) is 14.4 Å². The third-order valence-corrected chi connectivity index (χ3v) is 3.33. The highest BCUT2D eigenvalue weighted by Gasteiger charge is 2.37. The molecular formula is C16H12N2O5. The second kappa shape index (κ2) is 5.88. The number of carbonyl (C=O) groups excluding carboxylic acids is 3. The van der Waals surface area contributed by atoms with Crippen LogP contribution < -0.4 is 4.74 Å². The van der Waals surface area contributed by atoms with Crippen LogP contribution in [-0.2, 0) is 9.53 Å². The molecule has 1 aromatic heterocycles. The Hall–Kier alpha value is -3.22. The van der Waals surface area contributed by atoms with Gasteiger partial charge in [-0.25, -0.2) is 0 Å². The van der Waals surface area contributed by atoms with E-state index < -0.39 is 24.3 Å². The fourth-order valence-corrected chi connectivity index (χ4v) is 2.21. The molecule has 2 amide bonds. The first-order valence-electron chi connectivity index (χ1n) is 6.75. The molecule has 0 aliphatic carbocycles. The van der Waals surface area contributed by atoms with E-state index in [1.165, 1.54) is 25.4 Å². The van der Waals surface area contributed by atoms with Crippen LogP contribution in [-0.4, -0.2) is 41.3 Å². The zero-order valence-corrected chi connectivity index (χ0v) is 12.2. The van der Waals surface area contributed by atoms with Crippen molar-refractivity contribution in [1.29, 1.82) is 0 Å². The van der Waals surface area contributed by atoms with E-state index in [2.05, 4.69) is 9.72 Å². The second-order valence-corrected chi connectivity index (χ2v) is 4.77. The minimum Gasteiger partial charge on any atom is -0.468 e. The summed E-state index contributed by atoms with van der Waals surface area (Å²) in [6.45, 7) is -0.415. The summed E-state index contributed by atoms with van der Waals surface area (Å²) in [5.41, 5.74) is 0.428. The molecule has 0 bridgehead atoms. The van der Waals surface area contributed by atoms with E-state index in [-0.39, 0.29) is 11.1 Å². The van der Waals surface area contributed by atoms with Crippen LogP contribution in [0.1, 0.15) is 20.7 Å². The summed E-state index contributed by atoms with van der Waals surface area (Å²) in [6.07, 6.45) is 3.15. The number of hydrogen-bond donors (Lipinski definition) is 0. The number of imide groups is 1. The Morgan fingerprint density at radius 1 is 1.13 bits per heavy atom. The number of fused-ring (bicyclic) bond motifs is 1. The minimum atomic E-state index is -0.661. The maximum absolute atomic E-state index is 12.3. The Morgan fingerprint density at radius 2 is 1.91 bits per heavy atom. The van der Waals surface area contributed by atoms with Gasteiger partial charge in [0.1, 0.15) is 18.0 Å². The van der Waals surface area contributed by atoms with Crippen LogP contribution in [0.4, 0.5) is 0 Å². The van der Waals surface area contributed by atoms with E-state index >= 15 is 0 Å². The van der Waals surface area contributed by atoms with Gasteiger partial charge in [0.2, 0.25) is 0 Å². The number of esters is 1. The van der Waals surface area contributed by atoms with Crippen molar-refractivity contribution in [3.8, 4) is 11.5 Å². The molecule has 2 aromatic rings. The van der Waals surface area contributed by atoms with Crippen LogP contribution in [0.2, 0.25) is 0 Å². The fraction of sp³-hybridized carbons (Fsp3) is 0.125. The minimum absolute atomic E-state index is 0.195. The van der Waals surface area contributed by atoms with Crippen molar-refractivity contribution in [2.45, 2.75) is 0 Å². The van der Waals surface area contributed by atoms with Crippen LogP contribution in [0, 0.1) is 0 Å². The standard InChI is InChI=1S/C16H12N2O5/c1-22-14(19)9-18-15(20)12-5-4-10(7-13(12)16(18)21)23-11-3-2-6-17-8-11/h2-8H,9H2,1H3. The Labute approximate surface area is 131 Å². The van der Waals surface area contributed by atoms with Gasteiger partial charge in [0.15, 0.2) is 0 Å². The molecule has 3 rings (SSSR count). The average Bonchev–Trinajstić information content (AvgIpc) is 2.80. The molecule has 0 spiro atoms. The van der Waals surface area contributed by atoms with Gasteiger partial charge in [-0.3, -0.25) is 24.3 Å². The van der Waals surface area contributed by atoms with Gasteiger partial charge in [-0.05, 0) is 30.3 Å². The molecule has 0 radical (unpaired) electrons. The lowest BCUT2D eigenvalue weighted by Gasteiger charge is -2.11. The Kier molecular flexibility index (Phi) is 3.76. The van der Waals surface area contributed by atoms with Crippen LogP contribution in [0.5, 0.6) is 11.5 Å². The molecule has 0 fully saturated rings. The van der Waals surface area contributed by atoms with Crippen molar-refractivity contribution in [1.82, 2.24) is 9.88 Å². The third-order valence-electron chi connectivity index (χ3n) is 3.33. The number of hydrogen-bond acceptors (Lipinski definition) is 6. The zero-order chi connectivity index (χ0) is 16.4. The molecule has 2 heterocycles. The lowest BCUT2D eigenvalue weighted by Crippen LogP contribution is -2.35. The van der Waals surface area contributed by atoms with Gasteiger partial charge < -0.3 is 9.47 Å². The van der Waals surface area contributed by atoms with Gasteiger partial charge in [0, 0.05) is 6.20 Å². The van der Waals surface area contributed by atoms with Crippen molar-refractivity contribution in [3.05, 3.63) is 53.9 Å². The third kappa shape index (κ3) is 2.76. The Morgan fingerprint density at radius 3 is 2.61 bits per heavy atom. The first-order valence-corrected chi connectivity index (χ1v) is 6.75. The fourth-order valence-electron chi connectivity index (χ4n) is 2.21. The first-order chi connectivity index (χ1) is 11.1. The number of ether oxygens (including phenoxy) is 2. The molecule has 0 saturated heterocycles. The first kappa shape index (κ1) is 14.7. The van der Waals surface area contributed by atoms with Crippen molar-refractivity contribution in [2.75, 3.05) is 13.7 Å². The molecule has 7 heteroatoms. The number of amides is 2. The zero-order valence-electron chi connectivity index (χ0n) is 12.2. The van der Waals surface area contributed by atoms with E-state index in [1.54, 1.807) is 24.4 Å². The summed E-state index contributed by atoms with van der Waals surface area (Å²) in [4.78, 5) is 40.6. The molecular weight excluding hydrogens is 300 g/mol. The summed E-state index contributed by atoms with van der Waals surface area (Å²) in [5, 5.41) is 0. The molecule has 23 heavy (non-hydrogen) atoms. The summed E-state index contributed by atoms with van der Waals surface area (Å²) in [5.74, 6) is -0.824. The van der Waals surface area contributed by atoms with Gasteiger partial charge in [-0.1, -0.05) is 0 Å². The molecule has 0 saturated carbocycles. The normalized spacial score (nSPS) is 13.0. The van der Waals surface area contributed by atoms with Crippen molar-refractivity contribution in [2.24, 2.45) is 0 Å². The number of aromatic nitrogens is 1. The molecule has 0 N–H and O–H groups in total. The Bertz CT molecular complexity index is 788. The largest absolute Gasteiger partial charge is 0.468 e. The molecule has 0 unspecified atom stereocenters. The smallest absolute Gasteiger partial charge is 0.325 e. The van der Waals surface area contributed by atoms with Crippen LogP contribution in [0.3, 0.4) is 0 Å². The quantitative estimate of drug-likeness (QED) is 0.630. The van der Waals surface area contributed by atoms with Crippen molar-refractivity contribution >= 4 is 17.8 Å². The number of nitrogens with zero attached hydrogens (tertiary/aromatic N) is 2. The highest BCUT2D eigenvalue weighted by atomic mass is 16.5. The van der Waals surface area contributed by atoms with Crippen LogP contribution in [0.15, 0.2) is 42.7 Å². The maximum Gasteiger partial charge on any atom is 0.325 e. The summed E-state index contributed by atoms with van der Waals surface area (Å²) < 4.78 is 10.1. The molecule has 1 aromatic carbocycles. The van der Waals surface area contributed by atoms with Gasteiger partial charge in [-0.2, -0.15) is 0 Å². The summed E-state index contributed by atoms with van der Waals surface area (Å²) in [6, 6.07) is 7.99. The van der Waals surface area contributed by atoms with Crippen molar-refractivity contribution in [3.63, 3.8) is 0 Å². The van der Waals surface area contributed by atoms with Gasteiger partial charge in [0.25, 0.3) is 11.8 Å². The van der Waals surface area contributed by atoms with E-state index in [1.807, 2.05) is 0 Å². The molecule has 116 valence electrons. The second-order valence-electron chi connectivity index (χ2n) is 4.77. The predicted molar refractivity (Wildman–Crippen MR) is 78.1 cm³/mol. The molecule has 1 aliphatic heterocycles. The van der Waals surface area contributed by atoms with Crippen LogP contribution >= 0.6 is 0 Å². The van der Waals surface area contributed by atoms with E-state index in [0.29, 0.717) is 11.5 Å². The highest BCUT2D eigenvalue weighted by Crippen LogP contribution is 2.29. The van der Waals surface area contributed by atoms with Gasteiger partial charge in [0.05, 0.1) is 24.4 Å². The molecule has 7 nitrogen and oxygen atoms in total. The molecule has 0 atom stereocenters. The number of carbonyl (C=O) groups is 3. The maximum atomic E-state index is 12.3. The molecule has 1 aliphatic rings. The lowest BCUT2D eigenvalue weighted by molar-refractivity contribution is -0.140. The van der Waals surface area contributed by atoms with Gasteiger partial charge in [-0.15, -0.1) is 0 Å². The number of benzene rings is 1. The lowest BCUT2D eigenvalue weighted by atomic mass is 10.1. The number of methoxy groups -OCH3 is 1. The van der Waals surface area contributed by atoms with Crippen LogP contribution in [0.25, 0.3) is 0 Å². The average molecular weight is 312 g/mol. The summed E-state index contributed by atoms with van der Waals surface area (Å²) >= 11 is 0. The van der Waals surface area contributed by atoms with Gasteiger partial charge >= 0.3 is 5.97 Å². The van der Waals surface area contributed by atoms with E-state index in [4.69, 9.17) is 4.74 Å². The SMILES string of the molecule is COC(=O)CN1C(=O)c2ccc(Oc3cccnc3)cc2C1=O. The number of pyridine rings is 1. The monoisotopic (exact) mass is 312 g/mol. The highest BCUT2D eigenvalue weighted by molar-refractivity contribution is 6.22. The topological polar surface area (TPSA) is 85.8 Å². The summed E-state index contributed by atoms with van der Waals surface area (Å²) in [7, 11) is 1.19. The van der Waals surface area contributed by atoms with E-state index in [0.717, 1.165) is 4.90 Å².